The molecule has 3 rings (SSSR count). The molecular formula is C18H18N4O3. The molecule has 0 aliphatic heterocycles. The van der Waals surface area contributed by atoms with Crippen molar-refractivity contribution in [3.63, 3.8) is 0 Å². The van der Waals surface area contributed by atoms with Gasteiger partial charge in [0.15, 0.2) is 5.65 Å². The quantitative estimate of drug-likeness (QED) is 0.717. The Morgan fingerprint density at radius 3 is 2.72 bits per heavy atom. The van der Waals surface area contributed by atoms with Crippen LogP contribution in [0, 0.1) is 0 Å². The first-order chi connectivity index (χ1) is 12.1. The van der Waals surface area contributed by atoms with Gasteiger partial charge >= 0.3 is 5.97 Å². The lowest BCUT2D eigenvalue weighted by molar-refractivity contribution is -0.142. The van der Waals surface area contributed by atoms with Gasteiger partial charge in [-0.2, -0.15) is 5.10 Å². The highest BCUT2D eigenvalue weighted by Gasteiger charge is 2.18. The smallest absolute Gasteiger partial charge is 0.328 e. The summed E-state index contributed by atoms with van der Waals surface area (Å²) in [6, 6.07) is 10.9. The number of amides is 1. The zero-order chi connectivity index (χ0) is 17.8. The van der Waals surface area contributed by atoms with Crippen LogP contribution in [0.25, 0.3) is 11.0 Å². The Morgan fingerprint density at radius 2 is 2.00 bits per heavy atom. The van der Waals surface area contributed by atoms with Crippen molar-refractivity contribution < 1.29 is 14.3 Å². The molecule has 0 aliphatic rings. The molecule has 1 atom stereocenters. The topological polar surface area (TPSA) is 86.1 Å². The second-order valence-electron chi connectivity index (χ2n) is 5.64. The Bertz CT molecular complexity index is 905. The number of nitrogens with one attached hydrogen (secondary N) is 1. The van der Waals surface area contributed by atoms with Gasteiger partial charge in [0.1, 0.15) is 6.04 Å². The lowest BCUT2D eigenvalue weighted by Crippen LogP contribution is -2.39. The molecule has 128 valence electrons. The van der Waals surface area contributed by atoms with Gasteiger partial charge in [-0.3, -0.25) is 4.79 Å². The van der Waals surface area contributed by atoms with Crippen LogP contribution in [0.5, 0.6) is 0 Å². The summed E-state index contributed by atoms with van der Waals surface area (Å²) < 4.78 is 6.38. The van der Waals surface area contributed by atoms with Gasteiger partial charge in [-0.1, -0.05) is 30.3 Å². The number of hydrogen-bond donors (Lipinski definition) is 1. The number of rotatable bonds is 5. The molecule has 0 saturated carbocycles. The molecule has 7 heteroatoms. The number of ether oxygens (including phenoxy) is 1. The maximum atomic E-state index is 12.2. The van der Waals surface area contributed by atoms with Gasteiger partial charge in [0.25, 0.3) is 5.91 Å². The summed E-state index contributed by atoms with van der Waals surface area (Å²) in [7, 11) is 1.28. The normalized spacial score (nSPS) is 11.9. The van der Waals surface area contributed by atoms with Crippen molar-refractivity contribution in [2.24, 2.45) is 0 Å². The van der Waals surface area contributed by atoms with Crippen molar-refractivity contribution in [2.45, 2.75) is 19.5 Å². The fraction of sp³-hybridized carbons (Fsp3) is 0.222. The molecule has 25 heavy (non-hydrogen) atoms. The largest absolute Gasteiger partial charge is 0.467 e. The van der Waals surface area contributed by atoms with Crippen LogP contribution < -0.4 is 5.32 Å². The van der Waals surface area contributed by atoms with Crippen LogP contribution in [-0.2, 0) is 16.1 Å². The minimum atomic E-state index is -0.728. The standard InChI is InChI=1S/C18H18N4O3/c1-12(18(24)25-2)21-17(23)15-8-14-10-20-22(16(14)19-9-15)11-13-6-4-3-5-7-13/h3-10,12H,11H2,1-2H3,(H,21,23)/t12-/m0/s1. The molecule has 0 radical (unpaired) electrons. The Balaban J connectivity index is 1.79. The van der Waals surface area contributed by atoms with Gasteiger partial charge in [-0.05, 0) is 18.6 Å². The van der Waals surface area contributed by atoms with Crippen LogP contribution >= 0.6 is 0 Å². The minimum Gasteiger partial charge on any atom is -0.467 e. The van der Waals surface area contributed by atoms with Crippen molar-refractivity contribution in [1.29, 1.82) is 0 Å². The van der Waals surface area contributed by atoms with E-state index >= 15 is 0 Å². The molecule has 1 aromatic carbocycles. The zero-order valence-electron chi connectivity index (χ0n) is 14.0. The SMILES string of the molecule is COC(=O)[C@H](C)NC(=O)c1cnc2c(cnn2Cc2ccccc2)c1. The fourth-order valence-electron chi connectivity index (χ4n) is 2.48. The monoisotopic (exact) mass is 338 g/mol. The number of fused-ring (bicyclic) bond motifs is 1. The molecule has 7 nitrogen and oxygen atoms in total. The summed E-state index contributed by atoms with van der Waals surface area (Å²) in [6.07, 6.45) is 3.15. The van der Waals surface area contributed by atoms with E-state index in [2.05, 4.69) is 20.1 Å². The van der Waals surface area contributed by atoms with Gasteiger partial charge in [-0.25, -0.2) is 14.5 Å². The summed E-state index contributed by atoms with van der Waals surface area (Å²) in [5.41, 5.74) is 2.17. The molecule has 0 saturated heterocycles. The van der Waals surface area contributed by atoms with E-state index in [1.165, 1.54) is 13.3 Å². The first-order valence-corrected chi connectivity index (χ1v) is 7.82. The lowest BCUT2D eigenvalue weighted by Gasteiger charge is -2.11. The maximum absolute atomic E-state index is 12.2. The van der Waals surface area contributed by atoms with E-state index in [-0.39, 0.29) is 5.91 Å². The third-order valence-corrected chi connectivity index (χ3v) is 3.82. The van der Waals surface area contributed by atoms with Gasteiger partial charge in [0, 0.05) is 11.6 Å². The van der Waals surface area contributed by atoms with Crippen LogP contribution in [0.2, 0.25) is 0 Å². The highest BCUT2D eigenvalue weighted by atomic mass is 16.5. The maximum Gasteiger partial charge on any atom is 0.328 e. The van der Waals surface area contributed by atoms with Crippen LogP contribution in [0.15, 0.2) is 48.8 Å². The molecule has 0 bridgehead atoms. The number of hydrogen-bond acceptors (Lipinski definition) is 5. The van der Waals surface area contributed by atoms with Gasteiger partial charge in [-0.15, -0.1) is 0 Å². The molecule has 1 N–H and O–H groups in total. The van der Waals surface area contributed by atoms with E-state index in [0.717, 1.165) is 10.9 Å². The number of methoxy groups -OCH3 is 1. The number of aromatic nitrogens is 3. The Kier molecular flexibility index (Phi) is 4.74. The van der Waals surface area contributed by atoms with Crippen molar-refractivity contribution in [1.82, 2.24) is 20.1 Å². The first kappa shape index (κ1) is 16.6. The van der Waals surface area contributed by atoms with E-state index in [4.69, 9.17) is 0 Å². The predicted octanol–water partition coefficient (Wildman–Crippen LogP) is 1.77. The first-order valence-electron chi connectivity index (χ1n) is 7.82. The van der Waals surface area contributed by atoms with Crippen molar-refractivity contribution >= 4 is 22.9 Å². The molecule has 1 amide bonds. The third-order valence-electron chi connectivity index (χ3n) is 3.82. The van der Waals surface area contributed by atoms with E-state index < -0.39 is 12.0 Å². The Hall–Kier alpha value is -3.22. The summed E-state index contributed by atoms with van der Waals surface area (Å²) in [6.45, 7) is 2.16. The number of carbonyl (C=O) groups excluding carboxylic acids is 2. The molecule has 3 aromatic rings. The van der Waals surface area contributed by atoms with E-state index in [1.807, 2.05) is 30.3 Å². The predicted molar refractivity (Wildman–Crippen MR) is 92.0 cm³/mol. The molecular weight excluding hydrogens is 320 g/mol. The second kappa shape index (κ2) is 7.12. The van der Waals surface area contributed by atoms with Crippen molar-refractivity contribution in [3.8, 4) is 0 Å². The van der Waals surface area contributed by atoms with Gasteiger partial charge < -0.3 is 10.1 Å². The zero-order valence-corrected chi connectivity index (χ0v) is 14.0. The number of carbonyl (C=O) groups is 2. The van der Waals surface area contributed by atoms with Gasteiger partial charge in [0.05, 0.1) is 25.4 Å². The molecule has 0 fully saturated rings. The summed E-state index contributed by atoms with van der Waals surface area (Å²) in [5.74, 6) is -0.888. The fourth-order valence-corrected chi connectivity index (χ4v) is 2.48. The second-order valence-corrected chi connectivity index (χ2v) is 5.64. The summed E-state index contributed by atoms with van der Waals surface area (Å²) in [5, 5.41) is 7.68. The summed E-state index contributed by atoms with van der Waals surface area (Å²) >= 11 is 0. The van der Waals surface area contributed by atoms with Crippen LogP contribution in [0.3, 0.4) is 0 Å². The van der Waals surface area contributed by atoms with E-state index in [9.17, 15) is 9.59 Å². The van der Waals surface area contributed by atoms with Crippen molar-refractivity contribution in [2.75, 3.05) is 7.11 Å². The van der Waals surface area contributed by atoms with Crippen LogP contribution in [0.4, 0.5) is 0 Å². The molecule has 0 aliphatic carbocycles. The molecule has 2 heterocycles. The minimum absolute atomic E-state index is 0.363. The lowest BCUT2D eigenvalue weighted by atomic mass is 10.2. The average molecular weight is 338 g/mol. The van der Waals surface area contributed by atoms with Crippen LogP contribution in [0.1, 0.15) is 22.8 Å². The number of esters is 1. The van der Waals surface area contributed by atoms with Crippen LogP contribution in [-0.4, -0.2) is 39.8 Å². The Labute approximate surface area is 144 Å². The Morgan fingerprint density at radius 1 is 1.24 bits per heavy atom. The number of benzene rings is 1. The van der Waals surface area contributed by atoms with Crippen molar-refractivity contribution in [3.05, 3.63) is 59.9 Å². The molecule has 0 unspecified atom stereocenters. The average Bonchev–Trinajstić information content (AvgIpc) is 3.03. The van der Waals surface area contributed by atoms with E-state index in [1.54, 1.807) is 23.9 Å². The highest BCUT2D eigenvalue weighted by molar-refractivity contribution is 5.98. The van der Waals surface area contributed by atoms with Gasteiger partial charge in [0.2, 0.25) is 0 Å². The molecule has 0 spiro atoms. The number of pyridine rings is 1. The number of nitrogens with zero attached hydrogens (tertiary/aromatic N) is 3. The van der Waals surface area contributed by atoms with E-state index in [0.29, 0.717) is 17.8 Å². The third kappa shape index (κ3) is 3.65. The highest BCUT2D eigenvalue weighted by Crippen LogP contribution is 2.14. The molecule has 2 aromatic heterocycles. The summed E-state index contributed by atoms with van der Waals surface area (Å²) in [4.78, 5) is 28.0.